The predicted molar refractivity (Wildman–Crippen MR) is 74.0 cm³/mol. The van der Waals surface area contributed by atoms with Gasteiger partial charge in [0.1, 0.15) is 0 Å². The summed E-state index contributed by atoms with van der Waals surface area (Å²) in [4.78, 5) is 13.7. The molecule has 0 saturated carbocycles. The standard InChI is InChI=1S/C13H19ClN2O2/c1-3-16(7-8-17)9-12(18)15-13-10(2)5-4-6-11(13)14/h4-6,17H,3,7-9H2,1-2H3,(H,15,18). The summed E-state index contributed by atoms with van der Waals surface area (Å²) in [6, 6.07) is 5.49. The first kappa shape index (κ1) is 15.0. The Morgan fingerprint density at radius 3 is 2.78 bits per heavy atom. The lowest BCUT2D eigenvalue weighted by Gasteiger charge is -2.19. The predicted octanol–water partition coefficient (Wildman–Crippen LogP) is 1.90. The SMILES string of the molecule is CCN(CCO)CC(=O)Nc1c(C)cccc1Cl. The van der Waals surface area contributed by atoms with Crippen LogP contribution in [0.3, 0.4) is 0 Å². The maximum Gasteiger partial charge on any atom is 0.238 e. The molecule has 4 nitrogen and oxygen atoms in total. The molecule has 18 heavy (non-hydrogen) atoms. The van der Waals surface area contributed by atoms with Gasteiger partial charge in [-0.25, -0.2) is 0 Å². The fourth-order valence-corrected chi connectivity index (χ4v) is 1.93. The van der Waals surface area contributed by atoms with E-state index in [4.69, 9.17) is 16.7 Å². The molecule has 0 spiro atoms. The number of hydrogen-bond acceptors (Lipinski definition) is 3. The van der Waals surface area contributed by atoms with Crippen LogP contribution in [0, 0.1) is 6.92 Å². The summed E-state index contributed by atoms with van der Waals surface area (Å²) in [5.41, 5.74) is 1.59. The van der Waals surface area contributed by atoms with Crippen molar-refractivity contribution in [1.82, 2.24) is 4.90 Å². The number of likely N-dealkylation sites (N-methyl/N-ethyl adjacent to an activating group) is 1. The quantitative estimate of drug-likeness (QED) is 0.830. The van der Waals surface area contributed by atoms with Crippen molar-refractivity contribution in [2.24, 2.45) is 0 Å². The van der Waals surface area contributed by atoms with Gasteiger partial charge in [0.15, 0.2) is 0 Å². The zero-order valence-electron chi connectivity index (χ0n) is 10.7. The Kier molecular flexibility index (Phi) is 6.12. The molecule has 0 radical (unpaired) electrons. The number of hydrogen-bond donors (Lipinski definition) is 2. The van der Waals surface area contributed by atoms with Gasteiger partial charge >= 0.3 is 0 Å². The molecule has 1 amide bonds. The molecule has 0 aliphatic heterocycles. The van der Waals surface area contributed by atoms with Crippen molar-refractivity contribution in [3.63, 3.8) is 0 Å². The molecule has 0 bridgehead atoms. The number of nitrogens with one attached hydrogen (secondary N) is 1. The molecule has 2 N–H and O–H groups in total. The summed E-state index contributed by atoms with van der Waals surface area (Å²) in [6.07, 6.45) is 0. The Balaban J connectivity index is 2.64. The summed E-state index contributed by atoms with van der Waals surface area (Å²) >= 11 is 6.04. The summed E-state index contributed by atoms with van der Waals surface area (Å²) < 4.78 is 0. The molecular formula is C13H19ClN2O2. The minimum atomic E-state index is -0.124. The third-order valence-electron chi connectivity index (χ3n) is 2.72. The van der Waals surface area contributed by atoms with Gasteiger partial charge < -0.3 is 10.4 Å². The molecule has 1 rings (SSSR count). The molecule has 100 valence electrons. The van der Waals surface area contributed by atoms with E-state index in [0.29, 0.717) is 17.3 Å². The highest BCUT2D eigenvalue weighted by atomic mass is 35.5. The molecule has 0 saturated heterocycles. The van der Waals surface area contributed by atoms with E-state index < -0.39 is 0 Å². The number of aliphatic hydroxyl groups is 1. The number of halogens is 1. The van der Waals surface area contributed by atoms with Crippen molar-refractivity contribution < 1.29 is 9.90 Å². The molecular weight excluding hydrogens is 252 g/mol. The number of anilines is 1. The molecule has 0 aliphatic rings. The highest BCUT2D eigenvalue weighted by Crippen LogP contribution is 2.24. The second-order valence-electron chi connectivity index (χ2n) is 4.07. The smallest absolute Gasteiger partial charge is 0.238 e. The highest BCUT2D eigenvalue weighted by Gasteiger charge is 2.11. The van der Waals surface area contributed by atoms with Gasteiger partial charge in [-0.15, -0.1) is 0 Å². The molecule has 0 atom stereocenters. The van der Waals surface area contributed by atoms with Gasteiger partial charge in [-0.05, 0) is 25.1 Å². The Morgan fingerprint density at radius 1 is 1.50 bits per heavy atom. The lowest BCUT2D eigenvalue weighted by atomic mass is 10.2. The van der Waals surface area contributed by atoms with E-state index in [9.17, 15) is 4.79 Å². The monoisotopic (exact) mass is 270 g/mol. The van der Waals surface area contributed by atoms with Crippen LogP contribution < -0.4 is 5.32 Å². The van der Waals surface area contributed by atoms with E-state index in [-0.39, 0.29) is 19.1 Å². The van der Waals surface area contributed by atoms with Gasteiger partial charge in [0.2, 0.25) is 5.91 Å². The topological polar surface area (TPSA) is 52.6 Å². The first-order chi connectivity index (χ1) is 8.58. The second-order valence-corrected chi connectivity index (χ2v) is 4.48. The maximum atomic E-state index is 11.9. The molecule has 0 heterocycles. The van der Waals surface area contributed by atoms with Crippen molar-refractivity contribution in [1.29, 1.82) is 0 Å². The molecule has 0 fully saturated rings. The zero-order valence-corrected chi connectivity index (χ0v) is 11.5. The van der Waals surface area contributed by atoms with Crippen LogP contribution in [0.1, 0.15) is 12.5 Å². The molecule has 0 aromatic heterocycles. The van der Waals surface area contributed by atoms with Crippen molar-refractivity contribution in [3.05, 3.63) is 28.8 Å². The Morgan fingerprint density at radius 2 is 2.22 bits per heavy atom. The van der Waals surface area contributed by atoms with Gasteiger partial charge in [0, 0.05) is 6.54 Å². The van der Waals surface area contributed by atoms with Crippen LogP contribution in [-0.2, 0) is 4.79 Å². The van der Waals surface area contributed by atoms with E-state index in [1.807, 2.05) is 30.9 Å². The van der Waals surface area contributed by atoms with Crippen molar-refractivity contribution >= 4 is 23.2 Å². The van der Waals surface area contributed by atoms with Crippen LogP contribution >= 0.6 is 11.6 Å². The summed E-state index contributed by atoms with van der Waals surface area (Å²) in [6.45, 7) is 5.35. The van der Waals surface area contributed by atoms with Gasteiger partial charge in [-0.1, -0.05) is 30.7 Å². The van der Waals surface area contributed by atoms with E-state index in [2.05, 4.69) is 5.32 Å². The number of benzene rings is 1. The Hall–Kier alpha value is -1.10. The van der Waals surface area contributed by atoms with Crippen LogP contribution in [0.5, 0.6) is 0 Å². The Bertz CT molecular complexity index is 390. The number of para-hydroxylation sites is 1. The fraction of sp³-hybridized carbons (Fsp3) is 0.462. The molecule has 5 heteroatoms. The first-order valence-electron chi connectivity index (χ1n) is 5.96. The molecule has 1 aromatic carbocycles. The lowest BCUT2D eigenvalue weighted by molar-refractivity contribution is -0.117. The normalized spacial score (nSPS) is 10.7. The molecule has 1 aromatic rings. The largest absolute Gasteiger partial charge is 0.395 e. The molecule has 0 unspecified atom stereocenters. The van der Waals surface area contributed by atoms with Crippen molar-refractivity contribution in [2.45, 2.75) is 13.8 Å². The van der Waals surface area contributed by atoms with Gasteiger partial charge in [0.25, 0.3) is 0 Å². The Labute approximate surface area is 113 Å². The summed E-state index contributed by atoms with van der Waals surface area (Å²) in [5, 5.41) is 12.2. The minimum absolute atomic E-state index is 0.0479. The van der Waals surface area contributed by atoms with Crippen LogP contribution in [0.25, 0.3) is 0 Å². The number of nitrogens with zero attached hydrogens (tertiary/aromatic N) is 1. The number of rotatable bonds is 6. The molecule has 0 aliphatic carbocycles. The second kappa shape index (κ2) is 7.36. The number of aryl methyl sites for hydroxylation is 1. The van der Waals surface area contributed by atoms with Gasteiger partial charge in [-0.2, -0.15) is 0 Å². The summed E-state index contributed by atoms with van der Waals surface area (Å²) in [5.74, 6) is -0.124. The van der Waals surface area contributed by atoms with E-state index in [1.165, 1.54) is 0 Å². The number of carbonyl (C=O) groups is 1. The van der Waals surface area contributed by atoms with Crippen molar-refractivity contribution in [3.8, 4) is 0 Å². The van der Waals surface area contributed by atoms with Crippen LogP contribution in [-0.4, -0.2) is 42.2 Å². The average molecular weight is 271 g/mol. The van der Waals surface area contributed by atoms with E-state index in [1.54, 1.807) is 6.07 Å². The maximum absolute atomic E-state index is 11.9. The minimum Gasteiger partial charge on any atom is -0.395 e. The lowest BCUT2D eigenvalue weighted by Crippen LogP contribution is -2.35. The fourth-order valence-electron chi connectivity index (χ4n) is 1.66. The first-order valence-corrected chi connectivity index (χ1v) is 6.34. The van der Waals surface area contributed by atoms with Gasteiger partial charge in [-0.3, -0.25) is 9.69 Å². The summed E-state index contributed by atoms with van der Waals surface area (Å²) in [7, 11) is 0. The third-order valence-corrected chi connectivity index (χ3v) is 3.03. The number of carbonyl (C=O) groups excluding carboxylic acids is 1. The zero-order chi connectivity index (χ0) is 13.5. The highest BCUT2D eigenvalue weighted by molar-refractivity contribution is 6.33. The van der Waals surface area contributed by atoms with Crippen molar-refractivity contribution in [2.75, 3.05) is 31.6 Å². The van der Waals surface area contributed by atoms with Crippen LogP contribution in [0.2, 0.25) is 5.02 Å². The van der Waals surface area contributed by atoms with Gasteiger partial charge in [0.05, 0.1) is 23.9 Å². The van der Waals surface area contributed by atoms with E-state index in [0.717, 1.165) is 12.1 Å². The van der Waals surface area contributed by atoms with Crippen LogP contribution in [0.4, 0.5) is 5.69 Å². The van der Waals surface area contributed by atoms with Crippen LogP contribution in [0.15, 0.2) is 18.2 Å². The van der Waals surface area contributed by atoms with E-state index >= 15 is 0 Å². The number of amides is 1. The number of aliphatic hydroxyl groups excluding tert-OH is 1. The average Bonchev–Trinajstić information content (AvgIpc) is 2.33. The third kappa shape index (κ3) is 4.29.